The molecular weight excluding hydrogens is 340 g/mol. The summed E-state index contributed by atoms with van der Waals surface area (Å²) in [5.41, 5.74) is 0.886. The van der Waals surface area contributed by atoms with Crippen molar-refractivity contribution in [2.24, 2.45) is 0 Å². The molecule has 1 heterocycles. The van der Waals surface area contributed by atoms with E-state index in [2.05, 4.69) is 10.3 Å². The van der Waals surface area contributed by atoms with Crippen molar-refractivity contribution in [1.29, 1.82) is 0 Å². The fourth-order valence-corrected chi connectivity index (χ4v) is 2.37. The number of pyridine rings is 1. The minimum atomic E-state index is -1.15. The van der Waals surface area contributed by atoms with Gasteiger partial charge < -0.3 is 24.6 Å². The van der Waals surface area contributed by atoms with Crippen molar-refractivity contribution in [3.8, 4) is 17.2 Å². The molecule has 2 rings (SSSR count). The highest BCUT2D eigenvalue weighted by Gasteiger charge is 2.18. The maximum atomic E-state index is 12.4. The number of nitrogens with one attached hydrogen (secondary N) is 1. The van der Waals surface area contributed by atoms with Crippen LogP contribution in [0.5, 0.6) is 17.2 Å². The average molecular weight is 360 g/mol. The highest BCUT2D eigenvalue weighted by molar-refractivity contribution is 5.95. The molecule has 0 bridgehead atoms. The molecule has 0 saturated heterocycles. The number of aromatic carboxylic acids is 1. The Morgan fingerprint density at radius 2 is 1.69 bits per heavy atom. The highest BCUT2D eigenvalue weighted by Crippen LogP contribution is 2.39. The fourth-order valence-electron chi connectivity index (χ4n) is 2.37. The summed E-state index contributed by atoms with van der Waals surface area (Å²) in [7, 11) is 4.54. The van der Waals surface area contributed by atoms with E-state index in [0.29, 0.717) is 17.2 Å². The first kappa shape index (κ1) is 19.0. The van der Waals surface area contributed by atoms with Gasteiger partial charge in [0, 0.05) is 6.20 Å². The Balaban J connectivity index is 2.22. The van der Waals surface area contributed by atoms with Crippen LogP contribution in [0.3, 0.4) is 0 Å². The Bertz CT molecular complexity index is 779. The summed E-state index contributed by atoms with van der Waals surface area (Å²) in [4.78, 5) is 26.9. The molecule has 1 atom stereocenters. The van der Waals surface area contributed by atoms with E-state index >= 15 is 0 Å². The third-order valence-electron chi connectivity index (χ3n) is 3.78. The summed E-state index contributed by atoms with van der Waals surface area (Å²) >= 11 is 0. The maximum Gasteiger partial charge on any atom is 0.354 e. The molecule has 0 aliphatic carbocycles. The number of hydrogen-bond acceptors (Lipinski definition) is 6. The van der Waals surface area contributed by atoms with Gasteiger partial charge in [-0.1, -0.05) is 0 Å². The van der Waals surface area contributed by atoms with Crippen LogP contribution in [0.1, 0.15) is 39.4 Å². The minimum absolute atomic E-state index is 0.126. The summed E-state index contributed by atoms with van der Waals surface area (Å²) in [6.07, 6.45) is 1.22. The normalized spacial score (nSPS) is 11.4. The van der Waals surface area contributed by atoms with Gasteiger partial charge in [0.2, 0.25) is 5.75 Å². The third kappa shape index (κ3) is 4.02. The van der Waals surface area contributed by atoms with E-state index in [9.17, 15) is 9.59 Å². The molecule has 0 aliphatic rings. The van der Waals surface area contributed by atoms with Crippen LogP contribution in [0.25, 0.3) is 0 Å². The van der Waals surface area contributed by atoms with E-state index < -0.39 is 5.97 Å². The van der Waals surface area contributed by atoms with Crippen molar-refractivity contribution in [2.75, 3.05) is 21.3 Å². The number of rotatable bonds is 7. The van der Waals surface area contributed by atoms with Gasteiger partial charge in [0.15, 0.2) is 11.5 Å². The van der Waals surface area contributed by atoms with Crippen LogP contribution in [0.2, 0.25) is 0 Å². The van der Waals surface area contributed by atoms with E-state index in [1.165, 1.54) is 39.7 Å². The topological polar surface area (TPSA) is 107 Å². The molecule has 1 aromatic carbocycles. The first-order valence-corrected chi connectivity index (χ1v) is 7.71. The summed E-state index contributed by atoms with van der Waals surface area (Å²) in [6.45, 7) is 1.80. The molecule has 1 unspecified atom stereocenters. The Morgan fingerprint density at radius 3 is 2.12 bits per heavy atom. The van der Waals surface area contributed by atoms with Crippen LogP contribution >= 0.6 is 0 Å². The number of methoxy groups -OCH3 is 3. The number of nitrogens with zero attached hydrogens (tertiary/aromatic N) is 1. The lowest BCUT2D eigenvalue weighted by molar-refractivity contribution is 0.0689. The van der Waals surface area contributed by atoms with E-state index in [-0.39, 0.29) is 23.2 Å². The number of hydrogen-bond donors (Lipinski definition) is 2. The van der Waals surface area contributed by atoms with Gasteiger partial charge in [-0.05, 0) is 36.8 Å². The first-order valence-electron chi connectivity index (χ1n) is 7.71. The van der Waals surface area contributed by atoms with E-state index in [1.54, 1.807) is 19.1 Å². The van der Waals surface area contributed by atoms with Crippen molar-refractivity contribution in [3.05, 3.63) is 47.3 Å². The molecule has 0 spiro atoms. The molecule has 0 fully saturated rings. The fraction of sp³-hybridized carbons (Fsp3) is 0.278. The Morgan fingerprint density at radius 1 is 1.08 bits per heavy atom. The zero-order valence-corrected chi connectivity index (χ0v) is 14.9. The summed E-state index contributed by atoms with van der Waals surface area (Å²) in [5, 5.41) is 11.7. The molecule has 1 amide bonds. The summed E-state index contributed by atoms with van der Waals surface area (Å²) in [5.74, 6) is -0.102. The second kappa shape index (κ2) is 8.19. The van der Waals surface area contributed by atoms with Crippen molar-refractivity contribution >= 4 is 11.9 Å². The van der Waals surface area contributed by atoms with Crippen LogP contribution in [0, 0.1) is 0 Å². The predicted molar refractivity (Wildman–Crippen MR) is 93.2 cm³/mol. The predicted octanol–water partition coefficient (Wildman–Crippen LogP) is 2.30. The number of carboxylic acids is 1. The number of carbonyl (C=O) groups excluding carboxylic acids is 1. The van der Waals surface area contributed by atoms with E-state index in [1.807, 2.05) is 0 Å². The van der Waals surface area contributed by atoms with Gasteiger partial charge in [-0.2, -0.15) is 0 Å². The summed E-state index contributed by atoms with van der Waals surface area (Å²) in [6, 6.07) is 5.82. The Hall–Kier alpha value is -3.29. The monoisotopic (exact) mass is 360 g/mol. The SMILES string of the molecule is COc1cc(C(C)NC(=O)c2ccc(C(=O)O)nc2)cc(OC)c1OC. The van der Waals surface area contributed by atoms with Crippen LogP contribution in [-0.2, 0) is 0 Å². The van der Waals surface area contributed by atoms with Gasteiger partial charge >= 0.3 is 5.97 Å². The maximum absolute atomic E-state index is 12.4. The van der Waals surface area contributed by atoms with Crippen LogP contribution < -0.4 is 19.5 Å². The van der Waals surface area contributed by atoms with Crippen LogP contribution in [-0.4, -0.2) is 43.3 Å². The van der Waals surface area contributed by atoms with Gasteiger partial charge in [-0.15, -0.1) is 0 Å². The van der Waals surface area contributed by atoms with Gasteiger partial charge in [-0.25, -0.2) is 9.78 Å². The van der Waals surface area contributed by atoms with Crippen molar-refractivity contribution in [1.82, 2.24) is 10.3 Å². The number of carbonyl (C=O) groups is 2. The van der Waals surface area contributed by atoms with Crippen LogP contribution in [0.15, 0.2) is 30.5 Å². The molecule has 0 aliphatic heterocycles. The molecule has 2 N–H and O–H groups in total. The number of benzene rings is 1. The lowest BCUT2D eigenvalue weighted by Gasteiger charge is -2.18. The van der Waals surface area contributed by atoms with Gasteiger partial charge in [0.25, 0.3) is 5.91 Å². The van der Waals surface area contributed by atoms with E-state index in [0.717, 1.165) is 5.56 Å². The van der Waals surface area contributed by atoms with Crippen molar-refractivity contribution < 1.29 is 28.9 Å². The van der Waals surface area contributed by atoms with Crippen LogP contribution in [0.4, 0.5) is 0 Å². The smallest absolute Gasteiger partial charge is 0.354 e. The van der Waals surface area contributed by atoms with Crippen molar-refractivity contribution in [3.63, 3.8) is 0 Å². The lowest BCUT2D eigenvalue weighted by Crippen LogP contribution is -2.27. The zero-order chi connectivity index (χ0) is 19.3. The zero-order valence-electron chi connectivity index (χ0n) is 14.9. The van der Waals surface area contributed by atoms with Gasteiger partial charge in [0.05, 0.1) is 32.9 Å². The number of aromatic nitrogens is 1. The number of ether oxygens (including phenoxy) is 3. The standard InChI is InChI=1S/C18H20N2O6/c1-10(12-7-14(24-2)16(26-4)15(8-12)25-3)20-17(21)11-5-6-13(18(22)23)19-9-11/h5-10H,1-4H3,(H,20,21)(H,22,23). The highest BCUT2D eigenvalue weighted by atomic mass is 16.5. The Labute approximate surface area is 150 Å². The molecular formula is C18H20N2O6. The quantitative estimate of drug-likeness (QED) is 0.780. The number of amides is 1. The summed E-state index contributed by atoms with van der Waals surface area (Å²) < 4.78 is 15.9. The van der Waals surface area contributed by atoms with Gasteiger partial charge in [0.1, 0.15) is 5.69 Å². The first-order chi connectivity index (χ1) is 12.4. The number of carboxylic acid groups (broad SMARTS) is 1. The molecule has 8 heteroatoms. The molecule has 2 aromatic rings. The molecule has 26 heavy (non-hydrogen) atoms. The molecule has 8 nitrogen and oxygen atoms in total. The second-order valence-electron chi connectivity index (χ2n) is 5.39. The molecule has 0 radical (unpaired) electrons. The third-order valence-corrected chi connectivity index (χ3v) is 3.78. The van der Waals surface area contributed by atoms with Gasteiger partial charge in [-0.3, -0.25) is 4.79 Å². The molecule has 138 valence electrons. The average Bonchev–Trinajstić information content (AvgIpc) is 2.66. The second-order valence-corrected chi connectivity index (χ2v) is 5.39. The molecule has 0 saturated carbocycles. The Kier molecular flexibility index (Phi) is 6.00. The largest absolute Gasteiger partial charge is 0.493 e. The molecule has 1 aromatic heterocycles. The van der Waals surface area contributed by atoms with Crippen molar-refractivity contribution in [2.45, 2.75) is 13.0 Å². The minimum Gasteiger partial charge on any atom is -0.493 e. The lowest BCUT2D eigenvalue weighted by atomic mass is 10.1. The van der Waals surface area contributed by atoms with E-state index in [4.69, 9.17) is 19.3 Å².